The van der Waals surface area contributed by atoms with Crippen LogP contribution in [0.1, 0.15) is 19.8 Å². The Morgan fingerprint density at radius 3 is 2.68 bits per heavy atom. The predicted octanol–water partition coefficient (Wildman–Crippen LogP) is -2.43. The summed E-state index contributed by atoms with van der Waals surface area (Å²) in [7, 11) is -5.10. The molecular formula is C11H24BN5O4S. The van der Waals surface area contributed by atoms with Gasteiger partial charge in [-0.2, -0.15) is 22.7 Å². The molecule has 1 saturated heterocycles. The van der Waals surface area contributed by atoms with Crippen molar-refractivity contribution in [1.29, 1.82) is 5.26 Å². The Labute approximate surface area is 131 Å². The van der Waals surface area contributed by atoms with E-state index in [2.05, 4.69) is 4.72 Å². The smallest absolute Gasteiger partial charge is 0.427 e. The number of hydrogen-bond acceptors (Lipinski definition) is 7. The van der Waals surface area contributed by atoms with Crippen molar-refractivity contribution in [2.24, 2.45) is 17.4 Å². The standard InChI is InChI=1S/C11H24BN5O4S/c1-8(10(14)5-13)16-22(20,21)17-6-9(11(15)7-17)3-2-4-12(18)19/h8-11,16,18-19H,2-4,6-7,14-15H2,1H3/t8-,9-,10-,11-/m0/s1. The third-order valence-electron chi connectivity index (χ3n) is 3.86. The molecule has 0 unspecified atom stereocenters. The molecule has 0 saturated carbocycles. The highest BCUT2D eigenvalue weighted by Crippen LogP contribution is 2.23. The van der Waals surface area contributed by atoms with Crippen LogP contribution in [0.15, 0.2) is 0 Å². The molecular weight excluding hydrogens is 309 g/mol. The number of nitrogens with zero attached hydrogens (tertiary/aromatic N) is 2. The first-order valence-electron chi connectivity index (χ1n) is 7.21. The molecule has 1 aliphatic rings. The Morgan fingerprint density at radius 1 is 1.50 bits per heavy atom. The first kappa shape index (κ1) is 19.3. The Bertz CT molecular complexity index is 497. The molecule has 0 bridgehead atoms. The van der Waals surface area contributed by atoms with Gasteiger partial charge in [0.2, 0.25) is 0 Å². The maximum absolute atomic E-state index is 12.3. The number of nitriles is 1. The molecule has 7 N–H and O–H groups in total. The van der Waals surface area contributed by atoms with E-state index in [0.29, 0.717) is 12.8 Å². The molecule has 0 aliphatic carbocycles. The van der Waals surface area contributed by atoms with Gasteiger partial charge in [-0.3, -0.25) is 0 Å². The van der Waals surface area contributed by atoms with Gasteiger partial charge < -0.3 is 21.5 Å². The average Bonchev–Trinajstić information content (AvgIpc) is 2.79. The molecule has 0 aromatic rings. The van der Waals surface area contributed by atoms with Gasteiger partial charge >= 0.3 is 7.12 Å². The molecule has 1 aliphatic heterocycles. The minimum atomic E-state index is -3.75. The highest BCUT2D eigenvalue weighted by molar-refractivity contribution is 7.87. The first-order chi connectivity index (χ1) is 10.2. The zero-order valence-electron chi connectivity index (χ0n) is 12.6. The van der Waals surface area contributed by atoms with E-state index < -0.39 is 29.4 Å². The summed E-state index contributed by atoms with van der Waals surface area (Å²) < 4.78 is 28.1. The summed E-state index contributed by atoms with van der Waals surface area (Å²) >= 11 is 0. The molecule has 1 fully saturated rings. The van der Waals surface area contributed by atoms with Crippen LogP contribution in [0.2, 0.25) is 6.32 Å². The van der Waals surface area contributed by atoms with E-state index in [0.717, 1.165) is 0 Å². The van der Waals surface area contributed by atoms with E-state index in [4.69, 9.17) is 26.8 Å². The summed E-state index contributed by atoms with van der Waals surface area (Å²) in [6.07, 6.45) is 1.42. The molecule has 0 aromatic heterocycles. The van der Waals surface area contributed by atoms with E-state index in [1.54, 1.807) is 6.07 Å². The van der Waals surface area contributed by atoms with Crippen LogP contribution in [0.25, 0.3) is 0 Å². The summed E-state index contributed by atoms with van der Waals surface area (Å²) in [5, 5.41) is 26.3. The van der Waals surface area contributed by atoms with Gasteiger partial charge in [0.25, 0.3) is 10.2 Å². The third-order valence-corrected chi connectivity index (χ3v) is 5.51. The largest absolute Gasteiger partial charge is 0.451 e. The van der Waals surface area contributed by atoms with Crippen molar-refractivity contribution in [3.63, 3.8) is 0 Å². The van der Waals surface area contributed by atoms with Gasteiger partial charge in [-0.1, -0.05) is 6.42 Å². The molecule has 0 spiro atoms. The Hall–Kier alpha value is -0.735. The summed E-state index contributed by atoms with van der Waals surface area (Å²) in [6.45, 7) is 1.99. The fourth-order valence-electron chi connectivity index (χ4n) is 2.41. The van der Waals surface area contributed by atoms with Gasteiger partial charge in [0, 0.05) is 25.2 Å². The fraction of sp³-hybridized carbons (Fsp3) is 0.909. The number of nitrogens with one attached hydrogen (secondary N) is 1. The van der Waals surface area contributed by atoms with Crippen LogP contribution in [-0.4, -0.2) is 61.1 Å². The van der Waals surface area contributed by atoms with Crippen molar-refractivity contribution in [2.45, 2.75) is 44.2 Å². The molecule has 4 atom stereocenters. The maximum atomic E-state index is 12.3. The van der Waals surface area contributed by atoms with Gasteiger partial charge in [0.15, 0.2) is 0 Å². The predicted molar refractivity (Wildman–Crippen MR) is 82.4 cm³/mol. The third kappa shape index (κ3) is 5.47. The molecule has 1 rings (SSSR count). The highest BCUT2D eigenvalue weighted by atomic mass is 32.2. The molecule has 0 radical (unpaired) electrons. The minimum Gasteiger partial charge on any atom is -0.427 e. The lowest BCUT2D eigenvalue weighted by atomic mass is 9.82. The van der Waals surface area contributed by atoms with E-state index >= 15 is 0 Å². The molecule has 22 heavy (non-hydrogen) atoms. The van der Waals surface area contributed by atoms with Crippen molar-refractivity contribution >= 4 is 17.3 Å². The van der Waals surface area contributed by atoms with Crippen LogP contribution in [0.3, 0.4) is 0 Å². The number of rotatable bonds is 8. The maximum Gasteiger partial charge on any atom is 0.451 e. The van der Waals surface area contributed by atoms with Gasteiger partial charge in [0.05, 0.1) is 6.07 Å². The first-order valence-corrected chi connectivity index (χ1v) is 8.65. The topological polar surface area (TPSA) is 166 Å². The molecule has 0 aromatic carbocycles. The average molecular weight is 333 g/mol. The normalized spacial score (nSPS) is 25.6. The second-order valence-corrected chi connectivity index (χ2v) is 7.42. The van der Waals surface area contributed by atoms with Crippen LogP contribution >= 0.6 is 0 Å². The molecule has 11 heteroatoms. The van der Waals surface area contributed by atoms with E-state index in [1.165, 1.54) is 11.2 Å². The number of hydrogen-bond donors (Lipinski definition) is 5. The van der Waals surface area contributed by atoms with Crippen molar-refractivity contribution in [1.82, 2.24) is 9.03 Å². The van der Waals surface area contributed by atoms with Gasteiger partial charge in [-0.15, -0.1) is 0 Å². The zero-order valence-corrected chi connectivity index (χ0v) is 13.4. The molecule has 126 valence electrons. The van der Waals surface area contributed by atoms with Crippen LogP contribution in [0.4, 0.5) is 0 Å². The van der Waals surface area contributed by atoms with Crippen molar-refractivity contribution in [3.8, 4) is 6.07 Å². The van der Waals surface area contributed by atoms with Crippen LogP contribution in [-0.2, 0) is 10.2 Å². The van der Waals surface area contributed by atoms with Gasteiger partial charge in [-0.25, -0.2) is 0 Å². The van der Waals surface area contributed by atoms with Crippen molar-refractivity contribution < 1.29 is 18.5 Å². The Morgan fingerprint density at radius 2 is 2.14 bits per heavy atom. The lowest BCUT2D eigenvalue weighted by Crippen LogP contribution is -2.50. The molecule has 0 amide bonds. The SMILES string of the molecule is C[C@H](NS(=O)(=O)N1C[C@H](CCCB(O)O)[C@@H](N)C1)[C@@H](N)C#N. The van der Waals surface area contributed by atoms with Crippen molar-refractivity contribution in [3.05, 3.63) is 0 Å². The summed E-state index contributed by atoms with van der Waals surface area (Å²) in [5.74, 6) is -0.0322. The molecule has 9 nitrogen and oxygen atoms in total. The van der Waals surface area contributed by atoms with Crippen molar-refractivity contribution in [2.75, 3.05) is 13.1 Å². The van der Waals surface area contributed by atoms with Crippen LogP contribution < -0.4 is 16.2 Å². The lowest BCUT2D eigenvalue weighted by Gasteiger charge is -2.21. The lowest BCUT2D eigenvalue weighted by molar-refractivity contribution is 0.390. The van der Waals surface area contributed by atoms with E-state index in [1.807, 2.05) is 0 Å². The second-order valence-electron chi connectivity index (χ2n) is 5.72. The van der Waals surface area contributed by atoms with Gasteiger partial charge in [-0.05, 0) is 25.6 Å². The molecule has 1 heterocycles. The monoisotopic (exact) mass is 333 g/mol. The van der Waals surface area contributed by atoms with E-state index in [9.17, 15) is 8.42 Å². The second kappa shape index (κ2) is 8.21. The number of nitrogens with two attached hydrogens (primary N) is 2. The summed E-state index contributed by atoms with van der Waals surface area (Å²) in [5.41, 5.74) is 11.5. The van der Waals surface area contributed by atoms with E-state index in [-0.39, 0.29) is 31.4 Å². The zero-order chi connectivity index (χ0) is 16.9. The highest BCUT2D eigenvalue weighted by Gasteiger charge is 2.37. The fourth-order valence-corrected chi connectivity index (χ4v) is 3.94. The summed E-state index contributed by atoms with van der Waals surface area (Å²) in [4.78, 5) is 0. The van der Waals surface area contributed by atoms with Crippen LogP contribution in [0.5, 0.6) is 0 Å². The minimum absolute atomic E-state index is 0.0322. The quantitative estimate of drug-likeness (QED) is 0.308. The van der Waals surface area contributed by atoms with Crippen LogP contribution in [0, 0.1) is 17.2 Å². The Balaban J connectivity index is 2.57. The summed E-state index contributed by atoms with van der Waals surface area (Å²) in [6, 6.07) is -0.127. The Kier molecular flexibility index (Phi) is 7.21. The van der Waals surface area contributed by atoms with Gasteiger partial charge in [0.1, 0.15) is 6.04 Å².